The number of nitrogens with one attached hydrogen (secondary N) is 1. The molecular formula is C18H21NO2. The molecule has 0 saturated heterocycles. The number of hydrogen-bond acceptors (Lipinski definition) is 3. The van der Waals surface area contributed by atoms with E-state index in [1.54, 1.807) is 14.2 Å². The van der Waals surface area contributed by atoms with Gasteiger partial charge >= 0.3 is 0 Å². The fourth-order valence-corrected chi connectivity index (χ4v) is 3.06. The highest BCUT2D eigenvalue weighted by molar-refractivity contribution is 5.50. The van der Waals surface area contributed by atoms with Gasteiger partial charge in [-0.1, -0.05) is 30.3 Å². The molecule has 1 unspecified atom stereocenters. The maximum absolute atomic E-state index is 5.53. The van der Waals surface area contributed by atoms with Crippen molar-refractivity contribution in [1.82, 2.24) is 5.32 Å². The van der Waals surface area contributed by atoms with Gasteiger partial charge in [0.2, 0.25) is 0 Å². The van der Waals surface area contributed by atoms with E-state index >= 15 is 0 Å². The fourth-order valence-electron chi connectivity index (χ4n) is 3.06. The SMILES string of the molecule is COc1ccc(OC)c2c1CNC(Cc1ccccc1)C2. The van der Waals surface area contributed by atoms with Crippen molar-refractivity contribution in [2.24, 2.45) is 0 Å². The predicted octanol–water partition coefficient (Wildman–Crippen LogP) is 2.96. The van der Waals surface area contributed by atoms with Gasteiger partial charge in [0.25, 0.3) is 0 Å². The Kier molecular flexibility index (Phi) is 4.11. The van der Waals surface area contributed by atoms with Gasteiger partial charge in [0.05, 0.1) is 14.2 Å². The van der Waals surface area contributed by atoms with Crippen LogP contribution in [-0.4, -0.2) is 20.3 Å². The van der Waals surface area contributed by atoms with Gasteiger partial charge in [0, 0.05) is 23.7 Å². The molecule has 3 rings (SSSR count). The summed E-state index contributed by atoms with van der Waals surface area (Å²) in [4.78, 5) is 0. The molecule has 1 aliphatic heterocycles. The zero-order valence-electron chi connectivity index (χ0n) is 12.6. The molecule has 0 fully saturated rings. The summed E-state index contributed by atoms with van der Waals surface area (Å²) >= 11 is 0. The first-order chi connectivity index (χ1) is 10.3. The van der Waals surface area contributed by atoms with Crippen LogP contribution >= 0.6 is 0 Å². The van der Waals surface area contributed by atoms with Crippen molar-refractivity contribution < 1.29 is 9.47 Å². The molecule has 0 radical (unpaired) electrons. The van der Waals surface area contributed by atoms with Crippen LogP contribution in [0.5, 0.6) is 11.5 Å². The first-order valence-electron chi connectivity index (χ1n) is 7.32. The summed E-state index contributed by atoms with van der Waals surface area (Å²) in [6.07, 6.45) is 1.99. The van der Waals surface area contributed by atoms with Crippen molar-refractivity contribution in [2.45, 2.75) is 25.4 Å². The molecule has 1 N–H and O–H groups in total. The summed E-state index contributed by atoms with van der Waals surface area (Å²) in [5.74, 6) is 1.90. The van der Waals surface area contributed by atoms with Crippen LogP contribution in [-0.2, 0) is 19.4 Å². The quantitative estimate of drug-likeness (QED) is 0.936. The van der Waals surface area contributed by atoms with Gasteiger partial charge in [-0.2, -0.15) is 0 Å². The number of benzene rings is 2. The Morgan fingerprint density at radius 2 is 1.62 bits per heavy atom. The molecule has 1 aliphatic rings. The Morgan fingerprint density at radius 3 is 2.29 bits per heavy atom. The van der Waals surface area contributed by atoms with Crippen molar-refractivity contribution in [3.05, 3.63) is 59.2 Å². The van der Waals surface area contributed by atoms with Gasteiger partial charge < -0.3 is 14.8 Å². The molecule has 0 spiro atoms. The van der Waals surface area contributed by atoms with Gasteiger partial charge in [-0.3, -0.25) is 0 Å². The summed E-state index contributed by atoms with van der Waals surface area (Å²) in [5.41, 5.74) is 3.86. The Balaban J connectivity index is 1.84. The molecule has 2 aromatic rings. The van der Waals surface area contributed by atoms with Crippen LogP contribution in [0.15, 0.2) is 42.5 Å². The van der Waals surface area contributed by atoms with Crippen molar-refractivity contribution in [2.75, 3.05) is 14.2 Å². The number of hydrogen-bond donors (Lipinski definition) is 1. The van der Waals surface area contributed by atoms with E-state index in [2.05, 4.69) is 35.6 Å². The average molecular weight is 283 g/mol. The monoisotopic (exact) mass is 283 g/mol. The van der Waals surface area contributed by atoms with E-state index in [9.17, 15) is 0 Å². The lowest BCUT2D eigenvalue weighted by Gasteiger charge is -2.28. The first kappa shape index (κ1) is 14.0. The largest absolute Gasteiger partial charge is 0.496 e. The van der Waals surface area contributed by atoms with E-state index in [1.165, 1.54) is 16.7 Å². The Hall–Kier alpha value is -2.00. The van der Waals surface area contributed by atoms with Gasteiger partial charge in [-0.05, 0) is 30.5 Å². The molecule has 0 bridgehead atoms. The molecule has 0 aliphatic carbocycles. The Morgan fingerprint density at radius 1 is 0.952 bits per heavy atom. The van der Waals surface area contributed by atoms with E-state index in [-0.39, 0.29) is 0 Å². The lowest BCUT2D eigenvalue weighted by molar-refractivity contribution is 0.375. The minimum Gasteiger partial charge on any atom is -0.496 e. The molecule has 1 heterocycles. The zero-order chi connectivity index (χ0) is 14.7. The van der Waals surface area contributed by atoms with Crippen LogP contribution in [0, 0.1) is 0 Å². The average Bonchev–Trinajstić information content (AvgIpc) is 2.54. The molecule has 0 saturated carbocycles. The molecule has 1 atom stereocenters. The highest BCUT2D eigenvalue weighted by Crippen LogP contribution is 2.34. The van der Waals surface area contributed by atoms with E-state index < -0.39 is 0 Å². The van der Waals surface area contributed by atoms with Gasteiger partial charge in [-0.25, -0.2) is 0 Å². The molecule has 110 valence electrons. The summed E-state index contributed by atoms with van der Waals surface area (Å²) < 4.78 is 11.0. The highest BCUT2D eigenvalue weighted by Gasteiger charge is 2.24. The van der Waals surface area contributed by atoms with Crippen LogP contribution < -0.4 is 14.8 Å². The van der Waals surface area contributed by atoms with Crippen LogP contribution in [0.4, 0.5) is 0 Å². The molecular weight excluding hydrogens is 262 g/mol. The van der Waals surface area contributed by atoms with Gasteiger partial charge in [-0.15, -0.1) is 0 Å². The Bertz CT molecular complexity index is 610. The topological polar surface area (TPSA) is 30.5 Å². The Labute approximate surface area is 125 Å². The number of ether oxygens (including phenoxy) is 2. The first-order valence-corrected chi connectivity index (χ1v) is 7.32. The van der Waals surface area contributed by atoms with E-state index in [4.69, 9.17) is 9.47 Å². The molecule has 3 heteroatoms. The standard InChI is InChI=1S/C18H21NO2/c1-20-17-8-9-18(21-2)16-12-19-14(11-15(16)17)10-13-6-4-3-5-7-13/h3-9,14,19H,10-12H2,1-2H3. The summed E-state index contributed by atoms with van der Waals surface area (Å²) in [7, 11) is 3.45. The van der Waals surface area contributed by atoms with Crippen LogP contribution in [0.25, 0.3) is 0 Å². The maximum atomic E-state index is 5.53. The second-order valence-electron chi connectivity index (χ2n) is 5.40. The highest BCUT2D eigenvalue weighted by atomic mass is 16.5. The predicted molar refractivity (Wildman–Crippen MR) is 84.0 cm³/mol. The third-order valence-electron chi connectivity index (χ3n) is 4.13. The van der Waals surface area contributed by atoms with E-state index in [1.807, 2.05) is 12.1 Å². The van der Waals surface area contributed by atoms with Crippen LogP contribution in [0.3, 0.4) is 0 Å². The molecule has 3 nitrogen and oxygen atoms in total. The number of fused-ring (bicyclic) bond motifs is 1. The lowest BCUT2D eigenvalue weighted by atomic mass is 9.91. The summed E-state index contributed by atoms with van der Waals surface area (Å²) in [6.45, 7) is 0.827. The van der Waals surface area contributed by atoms with Crippen molar-refractivity contribution in [3.8, 4) is 11.5 Å². The van der Waals surface area contributed by atoms with Crippen molar-refractivity contribution >= 4 is 0 Å². The molecule has 2 aromatic carbocycles. The van der Waals surface area contributed by atoms with Gasteiger partial charge in [0.1, 0.15) is 11.5 Å². The lowest BCUT2D eigenvalue weighted by Crippen LogP contribution is -2.37. The number of rotatable bonds is 4. The minimum atomic E-state index is 0.431. The summed E-state index contributed by atoms with van der Waals surface area (Å²) in [6, 6.07) is 15.0. The third-order valence-corrected chi connectivity index (χ3v) is 4.13. The van der Waals surface area contributed by atoms with Crippen molar-refractivity contribution in [3.63, 3.8) is 0 Å². The molecule has 21 heavy (non-hydrogen) atoms. The molecule has 0 amide bonds. The second kappa shape index (κ2) is 6.19. The smallest absolute Gasteiger partial charge is 0.123 e. The van der Waals surface area contributed by atoms with Gasteiger partial charge in [0.15, 0.2) is 0 Å². The van der Waals surface area contributed by atoms with Crippen LogP contribution in [0.2, 0.25) is 0 Å². The fraction of sp³-hybridized carbons (Fsp3) is 0.333. The van der Waals surface area contributed by atoms with E-state index in [0.717, 1.165) is 30.9 Å². The van der Waals surface area contributed by atoms with Crippen LogP contribution in [0.1, 0.15) is 16.7 Å². The normalized spacial score (nSPS) is 17.1. The number of methoxy groups -OCH3 is 2. The second-order valence-corrected chi connectivity index (χ2v) is 5.40. The third kappa shape index (κ3) is 2.88. The molecule has 0 aromatic heterocycles. The maximum Gasteiger partial charge on any atom is 0.123 e. The zero-order valence-corrected chi connectivity index (χ0v) is 12.6. The summed E-state index contributed by atoms with van der Waals surface area (Å²) in [5, 5.41) is 3.61. The van der Waals surface area contributed by atoms with E-state index in [0.29, 0.717) is 6.04 Å². The minimum absolute atomic E-state index is 0.431. The van der Waals surface area contributed by atoms with Crippen molar-refractivity contribution in [1.29, 1.82) is 0 Å².